The number of imide groups is 1. The topological polar surface area (TPSA) is 109 Å². The predicted octanol–water partition coefficient (Wildman–Crippen LogP) is 1.59. The van der Waals surface area contributed by atoms with Crippen molar-refractivity contribution in [3.05, 3.63) is 23.7 Å². The quantitative estimate of drug-likeness (QED) is 0.569. The monoisotopic (exact) mass is 405 g/mol. The van der Waals surface area contributed by atoms with Gasteiger partial charge in [0.15, 0.2) is 6.61 Å². The second-order valence-corrected chi connectivity index (χ2v) is 7.86. The summed E-state index contributed by atoms with van der Waals surface area (Å²) in [5.74, 6) is -0.231. The molecular formula is C20H27N3O6. The number of likely N-dealkylation sites (N-methyl/N-ethyl adjacent to an activating group) is 1. The van der Waals surface area contributed by atoms with Gasteiger partial charge in [-0.05, 0) is 37.8 Å². The van der Waals surface area contributed by atoms with Crippen LogP contribution in [-0.4, -0.2) is 59.4 Å². The highest BCUT2D eigenvalue weighted by Gasteiger charge is 2.55. The Bertz CT molecular complexity index is 819. The molecule has 2 atom stereocenters. The molecule has 1 aliphatic heterocycles. The van der Waals surface area contributed by atoms with Crippen LogP contribution in [0.1, 0.15) is 44.1 Å². The van der Waals surface area contributed by atoms with Crippen LogP contribution < -0.4 is 5.32 Å². The molecule has 0 radical (unpaired) electrons. The summed E-state index contributed by atoms with van der Waals surface area (Å²) in [6, 6.07) is 2.98. The zero-order chi connectivity index (χ0) is 21.2. The lowest BCUT2D eigenvalue weighted by atomic mass is 9.73. The number of carbonyl (C=O) groups is 4. The molecule has 0 unspecified atom stereocenters. The molecule has 1 aromatic rings. The summed E-state index contributed by atoms with van der Waals surface area (Å²) in [5, 5.41) is 2.78. The molecule has 1 saturated carbocycles. The molecule has 1 spiro atoms. The number of nitrogens with zero attached hydrogens (tertiary/aromatic N) is 2. The lowest BCUT2D eigenvalue weighted by molar-refractivity contribution is -0.154. The van der Waals surface area contributed by atoms with Crippen molar-refractivity contribution in [3.63, 3.8) is 0 Å². The fourth-order valence-electron chi connectivity index (χ4n) is 3.96. The predicted molar refractivity (Wildman–Crippen MR) is 101 cm³/mol. The van der Waals surface area contributed by atoms with Crippen molar-refractivity contribution in [1.29, 1.82) is 0 Å². The van der Waals surface area contributed by atoms with Crippen LogP contribution in [0.2, 0.25) is 0 Å². The SMILES string of the molecule is Cc1ccc(CN(C)C(=O)COC(=O)CN2C(=O)N[C@]3(CCCC[C@H]3C)C2=O)o1. The number of nitrogens with one attached hydrogen (secondary N) is 1. The van der Waals surface area contributed by atoms with E-state index in [1.807, 2.05) is 6.92 Å². The Morgan fingerprint density at radius 3 is 2.76 bits per heavy atom. The van der Waals surface area contributed by atoms with Gasteiger partial charge in [-0.15, -0.1) is 0 Å². The van der Waals surface area contributed by atoms with Crippen molar-refractivity contribution in [2.45, 2.75) is 51.6 Å². The number of amides is 4. The highest BCUT2D eigenvalue weighted by molar-refractivity contribution is 6.09. The second-order valence-electron chi connectivity index (χ2n) is 7.86. The largest absolute Gasteiger partial charge is 0.464 e. The van der Waals surface area contributed by atoms with Crippen molar-refractivity contribution < 1.29 is 28.3 Å². The Morgan fingerprint density at radius 2 is 2.10 bits per heavy atom. The number of hydrogen-bond acceptors (Lipinski definition) is 6. The van der Waals surface area contributed by atoms with Crippen LogP contribution in [0.5, 0.6) is 0 Å². The van der Waals surface area contributed by atoms with Gasteiger partial charge in [-0.3, -0.25) is 19.3 Å². The molecule has 9 nitrogen and oxygen atoms in total. The van der Waals surface area contributed by atoms with Crippen molar-refractivity contribution >= 4 is 23.8 Å². The molecule has 0 bridgehead atoms. The zero-order valence-corrected chi connectivity index (χ0v) is 17.0. The number of esters is 1. The summed E-state index contributed by atoms with van der Waals surface area (Å²) < 4.78 is 10.4. The number of urea groups is 1. The average molecular weight is 405 g/mol. The summed E-state index contributed by atoms with van der Waals surface area (Å²) in [5.41, 5.74) is -0.924. The molecule has 158 valence electrons. The van der Waals surface area contributed by atoms with E-state index >= 15 is 0 Å². The van der Waals surface area contributed by atoms with Crippen LogP contribution >= 0.6 is 0 Å². The summed E-state index contributed by atoms with van der Waals surface area (Å²) in [6.45, 7) is 3.01. The first kappa shape index (κ1) is 20.9. The third-order valence-corrected chi connectivity index (χ3v) is 5.76. The molecular weight excluding hydrogens is 378 g/mol. The van der Waals surface area contributed by atoms with Crippen molar-refractivity contribution in [3.8, 4) is 0 Å². The molecule has 1 aromatic heterocycles. The molecule has 0 aromatic carbocycles. The molecule has 1 N–H and O–H groups in total. The number of rotatable bonds is 6. The fraction of sp³-hybridized carbons (Fsp3) is 0.600. The molecule has 3 rings (SSSR count). The summed E-state index contributed by atoms with van der Waals surface area (Å²) >= 11 is 0. The van der Waals surface area contributed by atoms with E-state index in [0.717, 1.165) is 29.9 Å². The zero-order valence-electron chi connectivity index (χ0n) is 17.0. The van der Waals surface area contributed by atoms with Gasteiger partial charge < -0.3 is 19.4 Å². The highest BCUT2D eigenvalue weighted by Crippen LogP contribution is 2.38. The number of ether oxygens (including phenoxy) is 1. The second kappa shape index (κ2) is 8.26. The standard InChI is InChI=1S/C20H27N3O6/c1-13-6-4-5-9-20(13)18(26)23(19(27)21-20)11-17(25)28-12-16(24)22(3)10-15-8-7-14(2)29-15/h7-8,13H,4-6,9-12H2,1-3H3,(H,21,27)/t13-,20+/m1/s1. The maximum atomic E-state index is 12.8. The Labute approximate surface area is 169 Å². The van der Waals surface area contributed by atoms with Gasteiger partial charge in [-0.1, -0.05) is 19.8 Å². The summed E-state index contributed by atoms with van der Waals surface area (Å²) in [6.07, 6.45) is 3.28. The van der Waals surface area contributed by atoms with Gasteiger partial charge in [0.25, 0.3) is 11.8 Å². The van der Waals surface area contributed by atoms with Crippen LogP contribution in [-0.2, 0) is 25.7 Å². The Morgan fingerprint density at radius 1 is 1.34 bits per heavy atom. The third kappa shape index (κ3) is 4.28. The van der Waals surface area contributed by atoms with Gasteiger partial charge in [0, 0.05) is 7.05 Å². The van der Waals surface area contributed by atoms with Gasteiger partial charge in [0.2, 0.25) is 0 Å². The minimum Gasteiger partial charge on any atom is -0.464 e. The Hall–Kier alpha value is -2.84. The van der Waals surface area contributed by atoms with Gasteiger partial charge in [0.05, 0.1) is 6.54 Å². The van der Waals surface area contributed by atoms with E-state index < -0.39 is 36.6 Å². The lowest BCUT2D eigenvalue weighted by Gasteiger charge is -2.36. The molecule has 2 aliphatic rings. The first-order valence-electron chi connectivity index (χ1n) is 9.82. The minimum atomic E-state index is -0.924. The van der Waals surface area contributed by atoms with Gasteiger partial charge >= 0.3 is 12.0 Å². The van der Waals surface area contributed by atoms with Crippen molar-refractivity contribution in [1.82, 2.24) is 15.1 Å². The maximum absolute atomic E-state index is 12.8. The van der Waals surface area contributed by atoms with Gasteiger partial charge in [-0.25, -0.2) is 4.79 Å². The van der Waals surface area contributed by atoms with Crippen LogP contribution in [0.25, 0.3) is 0 Å². The van der Waals surface area contributed by atoms with Crippen LogP contribution in [0, 0.1) is 12.8 Å². The number of carbonyl (C=O) groups excluding carboxylic acids is 4. The Balaban J connectivity index is 1.50. The van der Waals surface area contributed by atoms with E-state index in [2.05, 4.69) is 5.32 Å². The normalized spacial score (nSPS) is 24.0. The number of hydrogen-bond donors (Lipinski definition) is 1. The van der Waals surface area contributed by atoms with E-state index in [1.54, 1.807) is 26.1 Å². The van der Waals surface area contributed by atoms with Gasteiger partial charge in [0.1, 0.15) is 23.6 Å². The Kier molecular flexibility index (Phi) is 5.95. The van der Waals surface area contributed by atoms with E-state index in [-0.39, 0.29) is 18.4 Å². The van der Waals surface area contributed by atoms with Gasteiger partial charge in [-0.2, -0.15) is 0 Å². The van der Waals surface area contributed by atoms with E-state index in [0.29, 0.717) is 12.2 Å². The van der Waals surface area contributed by atoms with E-state index in [4.69, 9.17) is 9.15 Å². The fourth-order valence-corrected chi connectivity index (χ4v) is 3.96. The summed E-state index contributed by atoms with van der Waals surface area (Å²) in [4.78, 5) is 51.7. The molecule has 4 amide bonds. The number of aryl methyl sites for hydroxylation is 1. The van der Waals surface area contributed by atoms with Crippen molar-refractivity contribution in [2.75, 3.05) is 20.2 Å². The molecule has 2 heterocycles. The van der Waals surface area contributed by atoms with E-state index in [1.165, 1.54) is 4.90 Å². The molecule has 2 fully saturated rings. The lowest BCUT2D eigenvalue weighted by Crippen LogP contribution is -2.54. The van der Waals surface area contributed by atoms with E-state index in [9.17, 15) is 19.2 Å². The first-order chi connectivity index (χ1) is 13.7. The summed E-state index contributed by atoms with van der Waals surface area (Å²) in [7, 11) is 1.57. The smallest absolute Gasteiger partial charge is 0.326 e. The van der Waals surface area contributed by atoms with Crippen molar-refractivity contribution in [2.24, 2.45) is 5.92 Å². The molecule has 9 heteroatoms. The van der Waals surface area contributed by atoms with Crippen LogP contribution in [0.3, 0.4) is 0 Å². The first-order valence-corrected chi connectivity index (χ1v) is 9.82. The number of furan rings is 1. The molecule has 1 aliphatic carbocycles. The third-order valence-electron chi connectivity index (χ3n) is 5.76. The minimum absolute atomic E-state index is 0.00850. The van der Waals surface area contributed by atoms with Crippen LogP contribution in [0.15, 0.2) is 16.5 Å². The average Bonchev–Trinajstić information content (AvgIpc) is 3.18. The maximum Gasteiger partial charge on any atom is 0.326 e. The molecule has 1 saturated heterocycles. The highest BCUT2D eigenvalue weighted by atomic mass is 16.5. The van der Waals surface area contributed by atoms with Crippen LogP contribution in [0.4, 0.5) is 4.79 Å². The molecule has 29 heavy (non-hydrogen) atoms.